The Bertz CT molecular complexity index is 708. The minimum atomic E-state index is -0.349. The number of aliphatic hydroxyl groups excluding tert-OH is 1. The smallest absolute Gasteiger partial charge is 0.325 e. The Morgan fingerprint density at radius 1 is 1.13 bits per heavy atom. The molecule has 3 saturated carbocycles. The Labute approximate surface area is 184 Å². The predicted molar refractivity (Wildman–Crippen MR) is 123 cm³/mol. The number of nitrogens with zero attached hydrogens (tertiary/aromatic N) is 2. The summed E-state index contributed by atoms with van der Waals surface area (Å²) in [7, 11) is 0. The largest absolute Gasteiger partial charge is 0.392 e. The molecular weight excluding hydrogens is 368 g/mol. The third kappa shape index (κ3) is 3.46. The summed E-state index contributed by atoms with van der Waals surface area (Å²) in [6, 6.07) is -0.142. The van der Waals surface area contributed by atoms with Crippen molar-refractivity contribution in [1.29, 1.82) is 5.39 Å². The molecule has 0 spiro atoms. The van der Waals surface area contributed by atoms with Crippen molar-refractivity contribution in [2.24, 2.45) is 46.3 Å². The second-order valence-electron chi connectivity index (χ2n) is 12.4. The van der Waals surface area contributed by atoms with Crippen molar-refractivity contribution in [1.82, 2.24) is 0 Å². The Morgan fingerprint density at radius 2 is 1.90 bits per heavy atom. The monoisotopic (exact) mass is 413 g/mol. The summed E-state index contributed by atoms with van der Waals surface area (Å²) >= 11 is 0. The number of allylic oxidation sites excluding steroid dienone is 1. The molecule has 3 nitrogen and oxygen atoms in total. The molecule has 1 unspecified atom stereocenters. The number of fused-ring (bicyclic) bond motifs is 5. The first-order valence-electron chi connectivity index (χ1n) is 12.9. The Balaban J connectivity index is 1.54. The highest BCUT2D eigenvalue weighted by molar-refractivity contribution is 5.30. The number of aliphatic hydroxyl groups is 1. The predicted octanol–water partition coefficient (Wildman–Crippen LogP) is 7.22. The number of diazo groups is 1. The maximum atomic E-state index is 10.3. The zero-order valence-corrected chi connectivity index (χ0v) is 20.1. The summed E-state index contributed by atoms with van der Waals surface area (Å²) in [6.07, 6.45) is 14.2. The molecule has 0 bridgehead atoms. The topological polar surface area (TPSA) is 48.4 Å². The molecule has 3 heteroatoms. The van der Waals surface area contributed by atoms with E-state index in [4.69, 9.17) is 0 Å². The van der Waals surface area contributed by atoms with Crippen LogP contribution in [0.2, 0.25) is 0 Å². The van der Waals surface area contributed by atoms with Gasteiger partial charge in [0, 0.05) is 0 Å². The summed E-state index contributed by atoms with van der Waals surface area (Å²) < 4.78 is 0. The van der Waals surface area contributed by atoms with Crippen molar-refractivity contribution in [3.8, 4) is 0 Å². The highest BCUT2D eigenvalue weighted by atomic mass is 16.3. The van der Waals surface area contributed by atoms with Gasteiger partial charge in [0.2, 0.25) is 5.39 Å². The van der Waals surface area contributed by atoms with Crippen LogP contribution in [-0.2, 0) is 0 Å². The van der Waals surface area contributed by atoms with Gasteiger partial charge >= 0.3 is 6.04 Å². The molecule has 3 fully saturated rings. The number of hydrogen-bond donors (Lipinski definition) is 1. The molecule has 30 heavy (non-hydrogen) atoms. The molecule has 0 heterocycles. The van der Waals surface area contributed by atoms with E-state index >= 15 is 0 Å². The quantitative estimate of drug-likeness (QED) is 0.382. The Kier molecular flexibility index (Phi) is 6.13. The van der Waals surface area contributed by atoms with Crippen molar-refractivity contribution < 1.29 is 5.11 Å². The summed E-state index contributed by atoms with van der Waals surface area (Å²) in [6.45, 7) is 12.2. The van der Waals surface area contributed by atoms with Gasteiger partial charge < -0.3 is 5.11 Å². The van der Waals surface area contributed by atoms with E-state index in [1.54, 1.807) is 0 Å². The molecule has 4 aliphatic rings. The van der Waals surface area contributed by atoms with Crippen molar-refractivity contribution in [2.45, 2.75) is 111 Å². The van der Waals surface area contributed by atoms with Crippen LogP contribution in [0, 0.1) is 51.7 Å². The van der Waals surface area contributed by atoms with Crippen LogP contribution >= 0.6 is 0 Å². The first-order valence-corrected chi connectivity index (χ1v) is 12.9. The molecule has 0 radical (unpaired) electrons. The lowest BCUT2D eigenvalue weighted by molar-refractivity contribution is -0.0597. The van der Waals surface area contributed by atoms with Crippen molar-refractivity contribution in [2.75, 3.05) is 0 Å². The van der Waals surface area contributed by atoms with Gasteiger partial charge in [-0.25, -0.2) is 0 Å². The Morgan fingerprint density at radius 3 is 2.60 bits per heavy atom. The minimum absolute atomic E-state index is 0.0564. The van der Waals surface area contributed by atoms with Crippen LogP contribution in [0.4, 0.5) is 0 Å². The van der Waals surface area contributed by atoms with Crippen LogP contribution < -0.4 is 0 Å². The van der Waals surface area contributed by atoms with Crippen molar-refractivity contribution in [3.63, 3.8) is 0 Å². The number of hydrogen-bond acceptors (Lipinski definition) is 2. The normalized spacial score (nSPS) is 46.4. The average Bonchev–Trinajstić information content (AvgIpc) is 3.05. The fraction of sp³-hybridized carbons (Fsp3) is 0.926. The molecule has 0 aromatic heterocycles. The van der Waals surface area contributed by atoms with E-state index in [1.807, 2.05) is 0 Å². The van der Waals surface area contributed by atoms with Gasteiger partial charge in [0.25, 0.3) is 0 Å². The lowest BCUT2D eigenvalue weighted by Gasteiger charge is -2.57. The minimum Gasteiger partial charge on any atom is -0.392 e. The van der Waals surface area contributed by atoms with E-state index in [1.165, 1.54) is 56.9 Å². The zero-order chi connectivity index (χ0) is 21.7. The molecular formula is C27H45N2O+. The zero-order valence-electron chi connectivity index (χ0n) is 20.1. The molecule has 9 atom stereocenters. The summed E-state index contributed by atoms with van der Waals surface area (Å²) in [5.41, 5.74) is 1.81. The van der Waals surface area contributed by atoms with Crippen LogP contribution in [0.5, 0.6) is 0 Å². The fourth-order valence-electron chi connectivity index (χ4n) is 8.89. The summed E-state index contributed by atoms with van der Waals surface area (Å²) in [5, 5.41) is 20.2. The van der Waals surface area contributed by atoms with Gasteiger partial charge in [0.1, 0.15) is 4.98 Å². The van der Waals surface area contributed by atoms with Crippen LogP contribution in [0.1, 0.15) is 98.8 Å². The van der Waals surface area contributed by atoms with Crippen molar-refractivity contribution >= 4 is 0 Å². The first kappa shape index (κ1) is 22.3. The van der Waals surface area contributed by atoms with Crippen LogP contribution in [0.3, 0.4) is 0 Å². The molecule has 0 aromatic rings. The van der Waals surface area contributed by atoms with Gasteiger partial charge in [0.05, 0.1) is 17.9 Å². The van der Waals surface area contributed by atoms with Gasteiger partial charge in [-0.3, -0.25) is 0 Å². The van der Waals surface area contributed by atoms with Crippen molar-refractivity contribution in [3.05, 3.63) is 16.6 Å². The summed E-state index contributed by atoms with van der Waals surface area (Å²) in [4.78, 5) is 3.84. The van der Waals surface area contributed by atoms with Gasteiger partial charge in [-0.05, 0) is 86.4 Å². The van der Waals surface area contributed by atoms with Crippen LogP contribution in [0.15, 0.2) is 11.6 Å². The van der Waals surface area contributed by atoms with E-state index in [9.17, 15) is 10.5 Å². The number of rotatable bonds is 5. The third-order valence-electron chi connectivity index (χ3n) is 10.5. The summed E-state index contributed by atoms with van der Waals surface area (Å²) in [5.74, 6) is 4.69. The maximum absolute atomic E-state index is 10.3. The van der Waals surface area contributed by atoms with Gasteiger partial charge in [-0.1, -0.05) is 58.6 Å². The molecule has 0 aromatic carbocycles. The maximum Gasteiger partial charge on any atom is 0.325 e. The Hall–Kier alpha value is -0.880. The van der Waals surface area contributed by atoms with Crippen LogP contribution in [-0.4, -0.2) is 17.3 Å². The third-order valence-corrected chi connectivity index (χ3v) is 10.5. The fourth-order valence-corrected chi connectivity index (χ4v) is 8.89. The molecule has 0 aliphatic heterocycles. The lowest BCUT2D eigenvalue weighted by Crippen LogP contribution is -2.55. The standard InChI is InChI=1S/C27H45N2O/c1-17(2)7-6-8-18(3)22-11-12-23-21-10-9-19-15-20(30)16-25(29-28)27(19,5)24(21)13-14-26(22,23)4/h9,17-18,20-25,30H,6-8,10-16H2,1-5H3/q+1/t18-,20-,21+,22-,23+,24+,25?,26-,27+/m1/s1. The van der Waals surface area contributed by atoms with E-state index in [0.29, 0.717) is 17.8 Å². The molecule has 0 amide bonds. The second-order valence-corrected chi connectivity index (χ2v) is 12.4. The van der Waals surface area contributed by atoms with E-state index < -0.39 is 0 Å². The highest BCUT2D eigenvalue weighted by Gasteiger charge is 2.64. The molecule has 4 aliphatic carbocycles. The van der Waals surface area contributed by atoms with E-state index in [2.05, 4.69) is 45.7 Å². The molecule has 0 saturated heterocycles. The van der Waals surface area contributed by atoms with Gasteiger partial charge in [-0.15, -0.1) is 0 Å². The molecule has 1 N–H and O–H groups in total. The molecule has 4 rings (SSSR count). The van der Waals surface area contributed by atoms with E-state index in [0.717, 1.165) is 36.0 Å². The lowest BCUT2D eigenvalue weighted by atomic mass is 9.46. The van der Waals surface area contributed by atoms with Gasteiger partial charge in [0.15, 0.2) is 0 Å². The van der Waals surface area contributed by atoms with Gasteiger partial charge in [-0.2, -0.15) is 0 Å². The van der Waals surface area contributed by atoms with E-state index in [-0.39, 0.29) is 17.6 Å². The SMILES string of the molecule is CC(C)CCC[C@@H](C)[C@H]1CC[C@H]2[C@@H]3CC=C4C[C@@H](O)CC([N+]#N)[C@]4(C)[C@H]3CC[C@]12C. The molecule has 168 valence electrons. The average molecular weight is 414 g/mol. The van der Waals surface area contributed by atoms with Crippen LogP contribution in [0.25, 0.3) is 4.98 Å². The highest BCUT2D eigenvalue weighted by Crippen LogP contribution is 2.67. The first-order chi connectivity index (χ1) is 14.2. The second kappa shape index (κ2) is 8.23.